The van der Waals surface area contributed by atoms with Crippen molar-refractivity contribution >= 4 is 16.9 Å². The minimum atomic E-state index is 0.0659. The lowest BCUT2D eigenvalue weighted by Crippen LogP contribution is -2.46. The highest BCUT2D eigenvalue weighted by molar-refractivity contribution is 5.97. The summed E-state index contributed by atoms with van der Waals surface area (Å²) in [6, 6.07) is 7.74. The average Bonchev–Trinajstić information content (AvgIpc) is 3.20. The normalized spacial score (nSPS) is 18.0. The van der Waals surface area contributed by atoms with Crippen molar-refractivity contribution in [3.8, 4) is 0 Å². The number of piperidine rings is 1. The number of nitrogens with one attached hydrogen (secondary N) is 1. The van der Waals surface area contributed by atoms with Gasteiger partial charge in [0.05, 0.1) is 18.3 Å². The van der Waals surface area contributed by atoms with Crippen LogP contribution in [-0.2, 0) is 6.54 Å². The number of amides is 1. The van der Waals surface area contributed by atoms with Crippen LogP contribution in [0.3, 0.4) is 0 Å². The number of carbonyl (C=O) groups is 1. The van der Waals surface area contributed by atoms with Gasteiger partial charge in [-0.05, 0) is 57.4 Å². The fraction of sp³-hybridized carbons (Fsp3) is 0.444. The summed E-state index contributed by atoms with van der Waals surface area (Å²) in [6.07, 6.45) is 3.21. The lowest BCUT2D eigenvalue weighted by Gasteiger charge is -2.36. The number of fused-ring (bicyclic) bond motifs is 1. The number of nitrogens with zero attached hydrogens (tertiary/aromatic N) is 5. The lowest BCUT2D eigenvalue weighted by atomic mass is 10.0. The molecule has 0 radical (unpaired) electrons. The summed E-state index contributed by atoms with van der Waals surface area (Å²) in [4.78, 5) is 15.1. The Hall–Kier alpha value is -2.70. The number of benzene rings is 1. The van der Waals surface area contributed by atoms with E-state index in [1.165, 1.54) is 0 Å². The predicted octanol–water partition coefficient (Wildman–Crippen LogP) is 2.47. The highest BCUT2D eigenvalue weighted by atomic mass is 16.2. The average molecular weight is 338 g/mol. The fourth-order valence-corrected chi connectivity index (χ4v) is 3.66. The van der Waals surface area contributed by atoms with Gasteiger partial charge in [0.2, 0.25) is 0 Å². The Morgan fingerprint density at radius 2 is 2.04 bits per heavy atom. The van der Waals surface area contributed by atoms with Crippen molar-refractivity contribution in [3.05, 3.63) is 41.2 Å². The smallest absolute Gasteiger partial charge is 0.254 e. The first-order valence-electron chi connectivity index (χ1n) is 8.74. The minimum absolute atomic E-state index is 0.0659. The van der Waals surface area contributed by atoms with E-state index in [0.717, 1.165) is 54.8 Å². The van der Waals surface area contributed by atoms with E-state index in [2.05, 4.69) is 33.5 Å². The third-order valence-corrected chi connectivity index (χ3v) is 4.94. The number of carbonyl (C=O) groups excluding carboxylic acids is 1. The second-order valence-corrected chi connectivity index (χ2v) is 6.78. The van der Waals surface area contributed by atoms with Gasteiger partial charge in [-0.3, -0.25) is 9.48 Å². The van der Waals surface area contributed by atoms with Gasteiger partial charge in [-0.15, -0.1) is 0 Å². The molecule has 0 spiro atoms. The standard InChI is InChI=1S/C18H22N6O/c1-12-9-13(2)24(21-12)11-15-5-3-4-8-23(15)18(25)14-6-7-16-17(10-14)20-22-19-16/h6-7,9-10,15H,3-5,8,11H2,1-2H3,(H,19,20,22)/t15-/m0/s1. The molecule has 0 unspecified atom stereocenters. The van der Waals surface area contributed by atoms with Gasteiger partial charge in [-0.2, -0.15) is 20.5 Å². The molecule has 1 fully saturated rings. The van der Waals surface area contributed by atoms with Crippen LogP contribution < -0.4 is 0 Å². The summed E-state index contributed by atoms with van der Waals surface area (Å²) >= 11 is 0. The Morgan fingerprint density at radius 3 is 2.84 bits per heavy atom. The molecular weight excluding hydrogens is 316 g/mol. The zero-order chi connectivity index (χ0) is 17.4. The zero-order valence-electron chi connectivity index (χ0n) is 14.6. The molecule has 3 aromatic rings. The van der Waals surface area contributed by atoms with Gasteiger partial charge in [0.1, 0.15) is 11.0 Å². The molecule has 7 nitrogen and oxygen atoms in total. The van der Waals surface area contributed by atoms with Crippen LogP contribution in [0.2, 0.25) is 0 Å². The molecule has 1 aliphatic heterocycles. The van der Waals surface area contributed by atoms with Crippen molar-refractivity contribution in [3.63, 3.8) is 0 Å². The second-order valence-electron chi connectivity index (χ2n) is 6.78. The topological polar surface area (TPSA) is 79.7 Å². The molecule has 4 rings (SSSR count). The van der Waals surface area contributed by atoms with Crippen molar-refractivity contribution in [1.29, 1.82) is 0 Å². The van der Waals surface area contributed by atoms with Gasteiger partial charge in [0.15, 0.2) is 0 Å². The highest BCUT2D eigenvalue weighted by Crippen LogP contribution is 2.22. The summed E-state index contributed by atoms with van der Waals surface area (Å²) in [5.74, 6) is 0.0659. The number of aromatic nitrogens is 5. The molecule has 0 saturated carbocycles. The Kier molecular flexibility index (Phi) is 3.99. The van der Waals surface area contributed by atoms with Gasteiger partial charge in [0.25, 0.3) is 5.91 Å². The first-order chi connectivity index (χ1) is 12.1. The molecule has 1 atom stereocenters. The Morgan fingerprint density at radius 1 is 1.20 bits per heavy atom. The predicted molar refractivity (Wildman–Crippen MR) is 94.3 cm³/mol. The number of rotatable bonds is 3. The maximum Gasteiger partial charge on any atom is 0.254 e. The van der Waals surface area contributed by atoms with Gasteiger partial charge >= 0.3 is 0 Å². The third kappa shape index (κ3) is 3.01. The molecule has 2 aromatic heterocycles. The summed E-state index contributed by atoms with van der Waals surface area (Å²) in [5.41, 5.74) is 4.32. The minimum Gasteiger partial charge on any atom is -0.334 e. The monoisotopic (exact) mass is 338 g/mol. The number of aromatic amines is 1. The SMILES string of the molecule is Cc1cc(C)n(C[C@@H]2CCCCN2C(=O)c2ccc3n[nH]nc3c2)n1. The van der Waals surface area contributed by atoms with Crippen LogP contribution in [0.5, 0.6) is 0 Å². The van der Waals surface area contributed by atoms with Crippen LogP contribution in [-0.4, -0.2) is 48.6 Å². The van der Waals surface area contributed by atoms with Crippen molar-refractivity contribution in [2.24, 2.45) is 0 Å². The van der Waals surface area contributed by atoms with Crippen LogP contribution in [0.1, 0.15) is 41.0 Å². The van der Waals surface area contributed by atoms with E-state index in [1.807, 2.05) is 34.7 Å². The van der Waals surface area contributed by atoms with Crippen molar-refractivity contribution < 1.29 is 4.79 Å². The number of hydrogen-bond acceptors (Lipinski definition) is 4. The van der Waals surface area contributed by atoms with E-state index in [0.29, 0.717) is 5.56 Å². The maximum absolute atomic E-state index is 13.1. The van der Waals surface area contributed by atoms with Crippen LogP contribution in [0.4, 0.5) is 0 Å². The number of likely N-dealkylation sites (tertiary alicyclic amines) is 1. The fourth-order valence-electron chi connectivity index (χ4n) is 3.66. The molecule has 1 N–H and O–H groups in total. The molecule has 0 aliphatic carbocycles. The summed E-state index contributed by atoms with van der Waals surface area (Å²) in [5, 5.41) is 15.3. The molecule has 1 aliphatic rings. The molecule has 3 heterocycles. The molecular formula is C18H22N6O. The maximum atomic E-state index is 13.1. The van der Waals surface area contributed by atoms with Gasteiger partial charge in [-0.1, -0.05) is 0 Å². The zero-order valence-corrected chi connectivity index (χ0v) is 14.6. The van der Waals surface area contributed by atoms with E-state index in [9.17, 15) is 4.79 Å². The van der Waals surface area contributed by atoms with Gasteiger partial charge in [-0.25, -0.2) is 0 Å². The van der Waals surface area contributed by atoms with E-state index in [1.54, 1.807) is 0 Å². The lowest BCUT2D eigenvalue weighted by molar-refractivity contribution is 0.0583. The van der Waals surface area contributed by atoms with Crippen molar-refractivity contribution in [2.75, 3.05) is 6.54 Å². The summed E-state index contributed by atoms with van der Waals surface area (Å²) in [6.45, 7) is 5.60. The van der Waals surface area contributed by atoms with Crippen molar-refractivity contribution in [2.45, 2.75) is 45.7 Å². The Balaban J connectivity index is 1.59. The van der Waals surface area contributed by atoms with Crippen LogP contribution in [0.25, 0.3) is 11.0 Å². The molecule has 0 bridgehead atoms. The van der Waals surface area contributed by atoms with E-state index >= 15 is 0 Å². The largest absolute Gasteiger partial charge is 0.334 e. The first-order valence-corrected chi connectivity index (χ1v) is 8.74. The van der Waals surface area contributed by atoms with Crippen molar-refractivity contribution in [1.82, 2.24) is 30.1 Å². The second kappa shape index (κ2) is 6.31. The van der Waals surface area contributed by atoms with Crippen LogP contribution in [0.15, 0.2) is 24.3 Å². The molecule has 1 saturated heterocycles. The third-order valence-electron chi connectivity index (χ3n) is 4.94. The van der Waals surface area contributed by atoms with E-state index in [4.69, 9.17) is 0 Å². The molecule has 1 amide bonds. The quantitative estimate of drug-likeness (QED) is 0.795. The Labute approximate surface area is 146 Å². The van der Waals surface area contributed by atoms with E-state index < -0.39 is 0 Å². The molecule has 25 heavy (non-hydrogen) atoms. The van der Waals surface area contributed by atoms with Crippen LogP contribution in [0, 0.1) is 13.8 Å². The number of hydrogen-bond donors (Lipinski definition) is 1. The molecule has 130 valence electrons. The molecule has 7 heteroatoms. The number of aryl methyl sites for hydroxylation is 2. The van der Waals surface area contributed by atoms with Gasteiger partial charge in [0, 0.05) is 17.8 Å². The van der Waals surface area contributed by atoms with E-state index in [-0.39, 0.29) is 11.9 Å². The summed E-state index contributed by atoms with van der Waals surface area (Å²) in [7, 11) is 0. The number of H-pyrrole nitrogens is 1. The Bertz CT molecular complexity index is 911. The molecule has 1 aromatic carbocycles. The highest BCUT2D eigenvalue weighted by Gasteiger charge is 2.28. The summed E-state index contributed by atoms with van der Waals surface area (Å²) < 4.78 is 2.02. The first kappa shape index (κ1) is 15.8. The van der Waals surface area contributed by atoms with Crippen LogP contribution >= 0.6 is 0 Å². The van der Waals surface area contributed by atoms with Gasteiger partial charge < -0.3 is 4.90 Å².